The average molecular weight is 307 g/mol. The van der Waals surface area contributed by atoms with E-state index in [1.807, 2.05) is 42.6 Å². The maximum Gasteiger partial charge on any atom is 0.149 e. The Labute approximate surface area is 113 Å². The molecule has 0 aliphatic rings. The molecule has 0 radical (unpaired) electrons. The zero-order valence-corrected chi connectivity index (χ0v) is 11.7. The summed E-state index contributed by atoms with van der Waals surface area (Å²) in [7, 11) is 0. The van der Waals surface area contributed by atoms with Gasteiger partial charge in [-0.05, 0) is 52.0 Å². The second kappa shape index (κ2) is 5.35. The third kappa shape index (κ3) is 2.68. The summed E-state index contributed by atoms with van der Waals surface area (Å²) < 4.78 is 0.967. The molecule has 1 aromatic carbocycles. The molecule has 2 aromatic rings. The monoisotopic (exact) mass is 306 g/mol. The molecule has 1 unspecified atom stereocenters. The van der Waals surface area contributed by atoms with Crippen LogP contribution in [0.5, 0.6) is 0 Å². The minimum atomic E-state index is -0.298. The molecule has 2 rings (SSSR count). The summed E-state index contributed by atoms with van der Waals surface area (Å²) in [5, 5.41) is 14.5. The molecule has 0 bridgehead atoms. The lowest BCUT2D eigenvalue weighted by Crippen LogP contribution is -2.08. The molecule has 1 atom stereocenters. The van der Waals surface area contributed by atoms with E-state index in [9.17, 15) is 5.26 Å². The highest BCUT2D eigenvalue weighted by Gasteiger charge is 2.14. The Morgan fingerprint density at radius 3 is 2.71 bits per heavy atom. The molecule has 0 spiro atoms. The number of rotatable bonds is 3. The number of thiophene rings is 1. The Hall–Kier alpha value is -1.31. The summed E-state index contributed by atoms with van der Waals surface area (Å²) in [6.07, 6.45) is 0. The first-order valence-corrected chi connectivity index (χ1v) is 6.84. The SMILES string of the molecule is Cc1ccsc1C(C#N)Nc1ccccc1Br. The first-order chi connectivity index (χ1) is 8.22. The lowest BCUT2D eigenvalue weighted by atomic mass is 10.1. The molecule has 1 heterocycles. The Morgan fingerprint density at radius 2 is 2.12 bits per heavy atom. The zero-order valence-electron chi connectivity index (χ0n) is 9.27. The molecule has 0 aliphatic carbocycles. The molecule has 1 aromatic heterocycles. The van der Waals surface area contributed by atoms with Crippen molar-refractivity contribution in [3.05, 3.63) is 50.6 Å². The molecular formula is C13H11BrN2S. The third-order valence-corrected chi connectivity index (χ3v) is 4.24. The van der Waals surface area contributed by atoms with Crippen LogP contribution in [0.3, 0.4) is 0 Å². The summed E-state index contributed by atoms with van der Waals surface area (Å²) in [6.45, 7) is 2.03. The maximum atomic E-state index is 9.25. The molecule has 2 nitrogen and oxygen atoms in total. The van der Waals surface area contributed by atoms with Gasteiger partial charge < -0.3 is 5.32 Å². The topological polar surface area (TPSA) is 35.8 Å². The summed E-state index contributed by atoms with van der Waals surface area (Å²) in [6, 6.07) is 11.8. The van der Waals surface area contributed by atoms with Gasteiger partial charge in [-0.3, -0.25) is 0 Å². The Kier molecular flexibility index (Phi) is 3.82. The lowest BCUT2D eigenvalue weighted by Gasteiger charge is -2.13. The van der Waals surface area contributed by atoms with Gasteiger partial charge in [0.05, 0.1) is 6.07 Å². The number of para-hydroxylation sites is 1. The van der Waals surface area contributed by atoms with Crippen molar-refractivity contribution in [1.82, 2.24) is 0 Å². The minimum Gasteiger partial charge on any atom is -0.365 e. The first-order valence-electron chi connectivity index (χ1n) is 5.17. The van der Waals surface area contributed by atoms with Crippen LogP contribution in [0.1, 0.15) is 16.5 Å². The van der Waals surface area contributed by atoms with Crippen molar-refractivity contribution in [2.45, 2.75) is 13.0 Å². The van der Waals surface area contributed by atoms with E-state index in [1.165, 1.54) is 0 Å². The van der Waals surface area contributed by atoms with Gasteiger partial charge in [-0.25, -0.2) is 0 Å². The summed E-state index contributed by atoms with van der Waals surface area (Å²) in [5.74, 6) is 0. The summed E-state index contributed by atoms with van der Waals surface area (Å²) in [4.78, 5) is 1.07. The quantitative estimate of drug-likeness (QED) is 0.906. The van der Waals surface area contributed by atoms with E-state index < -0.39 is 0 Å². The predicted octanol–water partition coefficient (Wildman–Crippen LogP) is 4.50. The fourth-order valence-electron chi connectivity index (χ4n) is 1.57. The molecule has 0 fully saturated rings. The van der Waals surface area contributed by atoms with Gasteiger partial charge in [0.25, 0.3) is 0 Å². The molecule has 17 heavy (non-hydrogen) atoms. The van der Waals surface area contributed by atoms with Gasteiger partial charge >= 0.3 is 0 Å². The highest BCUT2D eigenvalue weighted by atomic mass is 79.9. The van der Waals surface area contributed by atoms with E-state index in [0.717, 1.165) is 20.6 Å². The van der Waals surface area contributed by atoms with Crippen LogP contribution in [-0.2, 0) is 0 Å². The predicted molar refractivity (Wildman–Crippen MR) is 75.2 cm³/mol. The molecule has 0 saturated carbocycles. The molecule has 4 heteroatoms. The van der Waals surface area contributed by atoms with Gasteiger partial charge in [0, 0.05) is 15.0 Å². The Bertz CT molecular complexity index is 557. The van der Waals surface area contributed by atoms with E-state index in [-0.39, 0.29) is 6.04 Å². The normalized spacial score (nSPS) is 11.8. The largest absolute Gasteiger partial charge is 0.365 e. The van der Waals surface area contributed by atoms with Crippen LogP contribution in [0, 0.1) is 18.3 Å². The molecular weight excluding hydrogens is 296 g/mol. The molecule has 0 amide bonds. The molecule has 0 saturated heterocycles. The molecule has 86 valence electrons. The first kappa shape index (κ1) is 12.2. The van der Waals surface area contributed by atoms with Crippen molar-refractivity contribution in [1.29, 1.82) is 5.26 Å². The van der Waals surface area contributed by atoms with E-state index >= 15 is 0 Å². The molecule has 1 N–H and O–H groups in total. The summed E-state index contributed by atoms with van der Waals surface area (Å²) >= 11 is 5.07. The van der Waals surface area contributed by atoms with Crippen LogP contribution in [0.4, 0.5) is 5.69 Å². The van der Waals surface area contributed by atoms with Crippen molar-refractivity contribution in [2.24, 2.45) is 0 Å². The van der Waals surface area contributed by atoms with Crippen molar-refractivity contribution >= 4 is 33.0 Å². The van der Waals surface area contributed by atoms with E-state index in [4.69, 9.17) is 0 Å². The second-order valence-electron chi connectivity index (χ2n) is 3.65. The van der Waals surface area contributed by atoms with Gasteiger partial charge in [-0.2, -0.15) is 5.26 Å². The number of hydrogen-bond acceptors (Lipinski definition) is 3. The minimum absolute atomic E-state index is 0.298. The highest BCUT2D eigenvalue weighted by molar-refractivity contribution is 9.10. The third-order valence-electron chi connectivity index (χ3n) is 2.47. The number of nitrogens with zero attached hydrogens (tertiary/aromatic N) is 1. The van der Waals surface area contributed by atoms with Crippen molar-refractivity contribution in [2.75, 3.05) is 5.32 Å². The van der Waals surface area contributed by atoms with Crippen LogP contribution < -0.4 is 5.32 Å². The smallest absolute Gasteiger partial charge is 0.149 e. The Morgan fingerprint density at radius 1 is 1.35 bits per heavy atom. The number of hydrogen-bond donors (Lipinski definition) is 1. The van der Waals surface area contributed by atoms with Crippen LogP contribution >= 0.6 is 27.3 Å². The van der Waals surface area contributed by atoms with Gasteiger partial charge in [0.2, 0.25) is 0 Å². The molecule has 0 aliphatic heterocycles. The number of aryl methyl sites for hydroxylation is 1. The van der Waals surface area contributed by atoms with Crippen LogP contribution in [0.25, 0.3) is 0 Å². The van der Waals surface area contributed by atoms with Gasteiger partial charge in [-0.15, -0.1) is 11.3 Å². The standard InChI is InChI=1S/C13H11BrN2S/c1-9-6-7-17-13(9)12(8-15)16-11-5-3-2-4-10(11)14/h2-7,12,16H,1H3. The van der Waals surface area contributed by atoms with Crippen molar-refractivity contribution in [3.8, 4) is 6.07 Å². The fraction of sp³-hybridized carbons (Fsp3) is 0.154. The van der Waals surface area contributed by atoms with Crippen molar-refractivity contribution < 1.29 is 0 Å². The number of nitrogens with one attached hydrogen (secondary N) is 1. The highest BCUT2D eigenvalue weighted by Crippen LogP contribution is 2.29. The summed E-state index contributed by atoms with van der Waals surface area (Å²) in [5.41, 5.74) is 2.09. The van der Waals surface area contributed by atoms with E-state index in [1.54, 1.807) is 11.3 Å². The Balaban J connectivity index is 2.26. The van der Waals surface area contributed by atoms with E-state index in [0.29, 0.717) is 0 Å². The van der Waals surface area contributed by atoms with Crippen LogP contribution in [-0.4, -0.2) is 0 Å². The van der Waals surface area contributed by atoms with Gasteiger partial charge in [-0.1, -0.05) is 12.1 Å². The maximum absolute atomic E-state index is 9.25. The van der Waals surface area contributed by atoms with Crippen LogP contribution in [0.15, 0.2) is 40.2 Å². The number of nitriles is 1. The van der Waals surface area contributed by atoms with Crippen molar-refractivity contribution in [3.63, 3.8) is 0 Å². The van der Waals surface area contributed by atoms with Crippen LogP contribution in [0.2, 0.25) is 0 Å². The lowest BCUT2D eigenvalue weighted by molar-refractivity contribution is 1.01. The van der Waals surface area contributed by atoms with Gasteiger partial charge in [0.1, 0.15) is 6.04 Å². The fourth-order valence-corrected chi connectivity index (χ4v) is 2.89. The van der Waals surface area contributed by atoms with Gasteiger partial charge in [0.15, 0.2) is 0 Å². The second-order valence-corrected chi connectivity index (χ2v) is 5.46. The van der Waals surface area contributed by atoms with E-state index in [2.05, 4.69) is 27.3 Å². The number of halogens is 1. The average Bonchev–Trinajstić information content (AvgIpc) is 2.75. The number of benzene rings is 1. The number of anilines is 1. The zero-order chi connectivity index (χ0) is 12.3.